The number of para-hydroxylation sites is 1. The molecular formula is C35H43ClF3N5O4. The lowest BCUT2D eigenvalue weighted by Crippen LogP contribution is -2.70. The first kappa shape index (κ1) is 34.5. The first-order valence-electron chi connectivity index (χ1n) is 17.0. The zero-order valence-electron chi connectivity index (χ0n) is 27.0. The number of rotatable bonds is 7. The van der Waals surface area contributed by atoms with Crippen molar-refractivity contribution in [3.8, 4) is 0 Å². The molecule has 3 fully saturated rings. The topological polar surface area (TPSA) is 85.4 Å². The molecule has 0 saturated carbocycles. The smallest absolute Gasteiger partial charge is 0.417 e. The van der Waals surface area contributed by atoms with Gasteiger partial charge in [0.15, 0.2) is 0 Å². The molecule has 9 nitrogen and oxygen atoms in total. The number of urea groups is 1. The SMILES string of the molecule is O=CC[C@@]1(N2CCC(N3CCCCC3)CC2)C[C@H](N2CCc3ccccc3NC2=O)CCN1C(=O)OCc1ccc(C(F)(F)F)c(Cl)c1. The molecule has 4 heterocycles. The van der Waals surface area contributed by atoms with Gasteiger partial charge in [0, 0.05) is 56.8 Å². The minimum Gasteiger partial charge on any atom is -0.444 e. The number of aldehydes is 1. The van der Waals surface area contributed by atoms with Gasteiger partial charge in [0.05, 0.1) is 10.6 Å². The predicted molar refractivity (Wildman–Crippen MR) is 176 cm³/mol. The van der Waals surface area contributed by atoms with Gasteiger partial charge in [-0.2, -0.15) is 13.2 Å². The summed E-state index contributed by atoms with van der Waals surface area (Å²) in [6.45, 7) is 4.00. The minimum absolute atomic E-state index is 0.0365. The molecule has 3 amide bonds. The molecule has 0 unspecified atom stereocenters. The fraction of sp³-hybridized carbons (Fsp3) is 0.571. The Morgan fingerprint density at radius 1 is 0.979 bits per heavy atom. The van der Waals surface area contributed by atoms with Crippen molar-refractivity contribution in [2.24, 2.45) is 0 Å². The fourth-order valence-corrected chi connectivity index (χ4v) is 8.44. The first-order valence-corrected chi connectivity index (χ1v) is 17.3. The second kappa shape index (κ2) is 14.6. The summed E-state index contributed by atoms with van der Waals surface area (Å²) in [6, 6.07) is 11.0. The third-order valence-electron chi connectivity index (χ3n) is 10.6. The number of likely N-dealkylation sites (tertiary alicyclic amines) is 3. The molecule has 260 valence electrons. The maximum atomic E-state index is 13.9. The van der Waals surface area contributed by atoms with E-state index in [4.69, 9.17) is 16.3 Å². The van der Waals surface area contributed by atoms with Crippen molar-refractivity contribution in [1.82, 2.24) is 19.6 Å². The molecule has 0 aromatic heterocycles. The maximum absolute atomic E-state index is 13.9. The van der Waals surface area contributed by atoms with Gasteiger partial charge in [-0.1, -0.05) is 42.3 Å². The number of hydrogen-bond donors (Lipinski definition) is 1. The van der Waals surface area contributed by atoms with Crippen LogP contribution in [0.25, 0.3) is 0 Å². The molecule has 2 aromatic carbocycles. The summed E-state index contributed by atoms with van der Waals surface area (Å²) in [5.74, 6) is 0. The van der Waals surface area contributed by atoms with Crippen molar-refractivity contribution in [1.29, 1.82) is 0 Å². The second-order valence-electron chi connectivity index (χ2n) is 13.4. The Kier molecular flexibility index (Phi) is 10.5. The van der Waals surface area contributed by atoms with Crippen molar-refractivity contribution >= 4 is 35.7 Å². The number of nitrogens with zero attached hydrogens (tertiary/aromatic N) is 4. The highest BCUT2D eigenvalue weighted by Gasteiger charge is 2.52. The van der Waals surface area contributed by atoms with E-state index in [0.29, 0.717) is 50.5 Å². The van der Waals surface area contributed by atoms with Crippen LogP contribution >= 0.6 is 11.6 Å². The van der Waals surface area contributed by atoms with E-state index in [0.717, 1.165) is 55.6 Å². The summed E-state index contributed by atoms with van der Waals surface area (Å²) in [4.78, 5) is 48.2. The van der Waals surface area contributed by atoms with Crippen LogP contribution in [0.2, 0.25) is 5.02 Å². The van der Waals surface area contributed by atoms with E-state index in [2.05, 4.69) is 15.1 Å². The van der Waals surface area contributed by atoms with Gasteiger partial charge in [0.1, 0.15) is 18.6 Å². The van der Waals surface area contributed by atoms with E-state index in [-0.39, 0.29) is 31.6 Å². The van der Waals surface area contributed by atoms with E-state index < -0.39 is 28.5 Å². The number of carbonyl (C=O) groups excluding carboxylic acids is 3. The van der Waals surface area contributed by atoms with Crippen LogP contribution in [0.1, 0.15) is 68.1 Å². The standard InChI is InChI=1S/C35H43ClF3N5O4/c36-30-22-25(8-9-29(30)35(37,38)39)24-48-33(47)44-20-13-28(43-19-10-26-6-2-3-7-31(26)40-32(43)46)23-34(44,14-21-45)42-17-11-27(12-18-42)41-15-4-1-5-16-41/h2-3,6-9,21-22,27-28H,1,4-5,10-20,23-24H2,(H,40,46)/t28-,34+/m1/s1. The summed E-state index contributed by atoms with van der Waals surface area (Å²) in [6.07, 6.45) is 2.60. The Balaban J connectivity index is 1.23. The Morgan fingerprint density at radius 3 is 2.42 bits per heavy atom. The van der Waals surface area contributed by atoms with Gasteiger partial charge in [-0.15, -0.1) is 0 Å². The number of alkyl halides is 3. The zero-order valence-corrected chi connectivity index (χ0v) is 27.8. The van der Waals surface area contributed by atoms with Crippen molar-refractivity contribution in [2.45, 2.75) is 88.3 Å². The zero-order chi connectivity index (χ0) is 33.9. The molecule has 4 aliphatic rings. The van der Waals surface area contributed by atoms with Crippen LogP contribution in [0.3, 0.4) is 0 Å². The number of piperidine rings is 3. The van der Waals surface area contributed by atoms with Crippen LogP contribution in [0, 0.1) is 0 Å². The van der Waals surface area contributed by atoms with Crippen LogP contribution in [0.5, 0.6) is 0 Å². The van der Waals surface area contributed by atoms with Gasteiger partial charge in [-0.05, 0) is 80.9 Å². The third kappa shape index (κ3) is 7.30. The average molecular weight is 690 g/mol. The number of benzene rings is 2. The van der Waals surface area contributed by atoms with E-state index in [9.17, 15) is 27.6 Å². The highest BCUT2D eigenvalue weighted by molar-refractivity contribution is 6.31. The molecule has 6 rings (SSSR count). The lowest BCUT2D eigenvalue weighted by molar-refractivity contribution is -0.137. The molecule has 0 bridgehead atoms. The van der Waals surface area contributed by atoms with Crippen LogP contribution in [0.15, 0.2) is 42.5 Å². The first-order chi connectivity index (χ1) is 23.1. The lowest BCUT2D eigenvalue weighted by atomic mass is 9.84. The Bertz CT molecular complexity index is 1480. The van der Waals surface area contributed by atoms with Crippen molar-refractivity contribution in [3.63, 3.8) is 0 Å². The quantitative estimate of drug-likeness (QED) is 0.323. The molecule has 3 saturated heterocycles. The van der Waals surface area contributed by atoms with Crippen LogP contribution in [0.4, 0.5) is 28.4 Å². The van der Waals surface area contributed by atoms with Crippen LogP contribution in [-0.4, -0.2) is 95.0 Å². The summed E-state index contributed by atoms with van der Waals surface area (Å²) < 4.78 is 45.5. The number of nitrogens with one attached hydrogen (secondary N) is 1. The van der Waals surface area contributed by atoms with E-state index in [1.165, 1.54) is 25.3 Å². The number of amides is 3. The molecule has 4 aliphatic heterocycles. The van der Waals surface area contributed by atoms with Gasteiger partial charge in [0.2, 0.25) is 0 Å². The fourth-order valence-electron chi connectivity index (χ4n) is 8.13. The van der Waals surface area contributed by atoms with Crippen LogP contribution < -0.4 is 5.32 Å². The van der Waals surface area contributed by atoms with Crippen molar-refractivity contribution in [2.75, 3.05) is 44.6 Å². The summed E-state index contributed by atoms with van der Waals surface area (Å²) in [7, 11) is 0. The normalized spacial score (nSPS) is 24.8. The van der Waals surface area contributed by atoms with Crippen molar-refractivity contribution < 1.29 is 32.3 Å². The number of anilines is 1. The second-order valence-corrected chi connectivity index (χ2v) is 13.8. The van der Waals surface area contributed by atoms with Gasteiger partial charge in [0.25, 0.3) is 0 Å². The summed E-state index contributed by atoms with van der Waals surface area (Å²) in [5.41, 5.74) is 0.163. The van der Waals surface area contributed by atoms with Gasteiger partial charge >= 0.3 is 18.3 Å². The molecule has 2 atom stereocenters. The number of carbonyl (C=O) groups is 3. The number of ether oxygens (including phenoxy) is 1. The maximum Gasteiger partial charge on any atom is 0.417 e. The predicted octanol–water partition coefficient (Wildman–Crippen LogP) is 6.79. The molecule has 13 heteroatoms. The monoisotopic (exact) mass is 689 g/mol. The molecule has 1 N–H and O–H groups in total. The number of fused-ring (bicyclic) bond motifs is 1. The Morgan fingerprint density at radius 2 is 1.71 bits per heavy atom. The third-order valence-corrected chi connectivity index (χ3v) is 10.9. The molecule has 2 aromatic rings. The highest BCUT2D eigenvalue weighted by atomic mass is 35.5. The largest absolute Gasteiger partial charge is 0.444 e. The average Bonchev–Trinajstić information content (AvgIpc) is 3.25. The lowest BCUT2D eigenvalue weighted by Gasteiger charge is -2.57. The Hall–Kier alpha value is -3.35. The van der Waals surface area contributed by atoms with Gasteiger partial charge < -0.3 is 24.6 Å². The molecule has 0 aliphatic carbocycles. The summed E-state index contributed by atoms with van der Waals surface area (Å²) >= 11 is 5.92. The van der Waals surface area contributed by atoms with Gasteiger partial charge in [-0.3, -0.25) is 9.80 Å². The highest BCUT2D eigenvalue weighted by Crippen LogP contribution is 2.40. The van der Waals surface area contributed by atoms with Crippen molar-refractivity contribution in [3.05, 3.63) is 64.2 Å². The Labute approximate surface area is 284 Å². The van der Waals surface area contributed by atoms with E-state index in [1.807, 2.05) is 29.2 Å². The molecule has 0 spiro atoms. The molecular weight excluding hydrogens is 647 g/mol. The molecule has 0 radical (unpaired) electrons. The van der Waals surface area contributed by atoms with E-state index in [1.54, 1.807) is 4.90 Å². The molecule has 48 heavy (non-hydrogen) atoms. The summed E-state index contributed by atoms with van der Waals surface area (Å²) in [5, 5.41) is 2.58. The van der Waals surface area contributed by atoms with Crippen LogP contribution in [-0.2, 0) is 28.7 Å². The van der Waals surface area contributed by atoms with E-state index >= 15 is 0 Å². The number of hydrogen-bond acceptors (Lipinski definition) is 6. The number of halogens is 4. The minimum atomic E-state index is -4.60. The van der Waals surface area contributed by atoms with Gasteiger partial charge in [-0.25, -0.2) is 9.59 Å².